The number of carboxylic acid groups (broad SMARTS) is 1. The first-order chi connectivity index (χ1) is 7.32. The lowest BCUT2D eigenvalue weighted by atomic mass is 10.1. The van der Waals surface area contributed by atoms with Crippen LogP contribution in [0.5, 0.6) is 0 Å². The van der Waals surface area contributed by atoms with Crippen molar-refractivity contribution in [1.29, 1.82) is 0 Å². The summed E-state index contributed by atoms with van der Waals surface area (Å²) in [6.07, 6.45) is 1.35. The van der Waals surface area contributed by atoms with Gasteiger partial charge in [-0.3, -0.25) is 9.69 Å². The number of rotatable bonds is 5. The highest BCUT2D eigenvalue weighted by molar-refractivity contribution is 7.91. The zero-order chi connectivity index (χ0) is 12.3. The first-order valence-corrected chi connectivity index (χ1v) is 7.28. The Balaban J connectivity index is 2.45. The maximum absolute atomic E-state index is 11.3. The molecule has 1 heterocycles. The van der Waals surface area contributed by atoms with Crippen molar-refractivity contribution >= 4 is 15.8 Å². The molecule has 0 aromatic carbocycles. The lowest BCUT2D eigenvalue weighted by molar-refractivity contribution is -0.137. The molecule has 0 aromatic heterocycles. The number of hydrogen-bond acceptors (Lipinski definition) is 4. The van der Waals surface area contributed by atoms with Crippen molar-refractivity contribution in [2.75, 3.05) is 18.6 Å². The zero-order valence-corrected chi connectivity index (χ0v) is 10.5. The van der Waals surface area contributed by atoms with Crippen molar-refractivity contribution in [3.8, 4) is 0 Å². The first-order valence-electron chi connectivity index (χ1n) is 5.46. The molecule has 0 aliphatic carbocycles. The highest BCUT2D eigenvalue weighted by Gasteiger charge is 2.32. The summed E-state index contributed by atoms with van der Waals surface area (Å²) in [5, 5.41) is 8.58. The van der Waals surface area contributed by atoms with Crippen LogP contribution in [0.3, 0.4) is 0 Å². The number of carbonyl (C=O) groups is 1. The van der Waals surface area contributed by atoms with Gasteiger partial charge in [-0.1, -0.05) is 0 Å². The molecule has 0 bridgehead atoms. The van der Waals surface area contributed by atoms with Crippen LogP contribution in [0, 0.1) is 0 Å². The summed E-state index contributed by atoms with van der Waals surface area (Å²) in [6, 6.07) is 0.156. The number of sulfone groups is 1. The molecule has 0 amide bonds. The minimum atomic E-state index is -2.86. The van der Waals surface area contributed by atoms with Gasteiger partial charge in [0.15, 0.2) is 9.84 Å². The fourth-order valence-corrected chi connectivity index (χ4v) is 3.78. The Kier molecular flexibility index (Phi) is 4.32. The minimum absolute atomic E-state index is 0.0498. The maximum atomic E-state index is 11.3. The molecule has 16 heavy (non-hydrogen) atoms. The molecular formula is C10H19NO4S. The highest BCUT2D eigenvalue weighted by atomic mass is 32.2. The third kappa shape index (κ3) is 3.75. The Morgan fingerprint density at radius 2 is 2.19 bits per heavy atom. The summed E-state index contributed by atoms with van der Waals surface area (Å²) in [5.74, 6) is -0.339. The zero-order valence-electron chi connectivity index (χ0n) is 9.72. The fraction of sp³-hybridized carbons (Fsp3) is 0.900. The topological polar surface area (TPSA) is 74.7 Å². The summed E-state index contributed by atoms with van der Waals surface area (Å²) in [6.45, 7) is 1.94. The van der Waals surface area contributed by atoms with Crippen LogP contribution in [0.4, 0.5) is 0 Å². The summed E-state index contributed by atoms with van der Waals surface area (Å²) in [4.78, 5) is 12.4. The van der Waals surface area contributed by atoms with Gasteiger partial charge in [0.05, 0.1) is 11.5 Å². The van der Waals surface area contributed by atoms with E-state index >= 15 is 0 Å². The Labute approximate surface area is 96.4 Å². The van der Waals surface area contributed by atoms with Crippen molar-refractivity contribution in [2.45, 2.75) is 38.3 Å². The molecular weight excluding hydrogens is 230 g/mol. The third-order valence-corrected chi connectivity index (χ3v) is 5.01. The van der Waals surface area contributed by atoms with Crippen molar-refractivity contribution in [3.05, 3.63) is 0 Å². The largest absolute Gasteiger partial charge is 0.481 e. The molecule has 2 atom stereocenters. The first kappa shape index (κ1) is 13.4. The number of carboxylic acids is 1. The van der Waals surface area contributed by atoms with E-state index in [1.165, 1.54) is 0 Å². The van der Waals surface area contributed by atoms with E-state index in [2.05, 4.69) is 0 Å². The third-order valence-electron chi connectivity index (χ3n) is 3.26. The van der Waals surface area contributed by atoms with E-state index in [0.29, 0.717) is 12.8 Å². The van der Waals surface area contributed by atoms with Gasteiger partial charge in [0.1, 0.15) is 0 Å². The molecule has 5 nitrogen and oxygen atoms in total. The Morgan fingerprint density at radius 3 is 2.62 bits per heavy atom. The van der Waals surface area contributed by atoms with E-state index < -0.39 is 15.8 Å². The van der Waals surface area contributed by atoms with Crippen LogP contribution in [0.25, 0.3) is 0 Å². The van der Waals surface area contributed by atoms with Crippen LogP contribution < -0.4 is 0 Å². The molecule has 6 heteroatoms. The quantitative estimate of drug-likeness (QED) is 0.761. The molecule has 0 spiro atoms. The minimum Gasteiger partial charge on any atom is -0.481 e. The number of nitrogens with zero attached hydrogens (tertiary/aromatic N) is 1. The number of hydrogen-bond donors (Lipinski definition) is 1. The normalized spacial score (nSPS) is 25.8. The highest BCUT2D eigenvalue weighted by Crippen LogP contribution is 2.19. The molecule has 0 saturated carbocycles. The average molecular weight is 249 g/mol. The van der Waals surface area contributed by atoms with Gasteiger partial charge in [-0.25, -0.2) is 8.42 Å². The van der Waals surface area contributed by atoms with Crippen LogP contribution in [-0.4, -0.2) is 55.0 Å². The summed E-state index contributed by atoms with van der Waals surface area (Å²) >= 11 is 0. The smallest absolute Gasteiger partial charge is 0.303 e. The summed E-state index contributed by atoms with van der Waals surface area (Å²) < 4.78 is 22.6. The van der Waals surface area contributed by atoms with Crippen molar-refractivity contribution in [1.82, 2.24) is 4.90 Å². The summed E-state index contributed by atoms with van der Waals surface area (Å²) in [7, 11) is -0.990. The Bertz CT molecular complexity index is 352. The lowest BCUT2D eigenvalue weighted by Crippen LogP contribution is -2.39. The second-order valence-electron chi connectivity index (χ2n) is 4.50. The molecule has 1 aliphatic rings. The van der Waals surface area contributed by atoms with Crippen molar-refractivity contribution in [2.24, 2.45) is 0 Å². The van der Waals surface area contributed by atoms with Crippen molar-refractivity contribution < 1.29 is 18.3 Å². The average Bonchev–Trinajstić information content (AvgIpc) is 2.54. The van der Waals surface area contributed by atoms with Gasteiger partial charge in [-0.05, 0) is 26.8 Å². The van der Waals surface area contributed by atoms with Gasteiger partial charge in [-0.2, -0.15) is 0 Å². The SMILES string of the molecule is CC(CCC(=O)O)N(C)C1CCS(=O)(=O)C1. The van der Waals surface area contributed by atoms with E-state index in [4.69, 9.17) is 5.11 Å². The summed E-state index contributed by atoms with van der Waals surface area (Å²) in [5.41, 5.74) is 0. The van der Waals surface area contributed by atoms with Gasteiger partial charge in [0, 0.05) is 18.5 Å². The molecule has 94 valence electrons. The van der Waals surface area contributed by atoms with Crippen LogP contribution in [0.2, 0.25) is 0 Å². The Hall–Kier alpha value is -0.620. The predicted octanol–water partition coefficient (Wildman–Crippen LogP) is 0.359. The van der Waals surface area contributed by atoms with Crippen LogP contribution >= 0.6 is 0 Å². The van der Waals surface area contributed by atoms with Gasteiger partial charge >= 0.3 is 5.97 Å². The lowest BCUT2D eigenvalue weighted by Gasteiger charge is -2.29. The van der Waals surface area contributed by atoms with E-state index in [0.717, 1.165) is 0 Å². The number of aliphatic carboxylic acids is 1. The monoisotopic (exact) mass is 249 g/mol. The van der Waals surface area contributed by atoms with Crippen LogP contribution in [0.1, 0.15) is 26.2 Å². The standard InChI is InChI=1S/C10H19NO4S/c1-8(3-4-10(12)13)11(2)9-5-6-16(14,15)7-9/h8-9H,3-7H2,1-2H3,(H,12,13). The van der Waals surface area contributed by atoms with Crippen LogP contribution in [0.15, 0.2) is 0 Å². The molecule has 1 aliphatic heterocycles. The maximum Gasteiger partial charge on any atom is 0.303 e. The van der Waals surface area contributed by atoms with E-state index in [9.17, 15) is 13.2 Å². The Morgan fingerprint density at radius 1 is 1.56 bits per heavy atom. The molecule has 0 radical (unpaired) electrons. The van der Waals surface area contributed by atoms with Crippen molar-refractivity contribution in [3.63, 3.8) is 0 Å². The molecule has 0 aromatic rings. The van der Waals surface area contributed by atoms with Gasteiger partial charge in [0.2, 0.25) is 0 Å². The van der Waals surface area contributed by atoms with E-state index in [1.54, 1.807) is 0 Å². The van der Waals surface area contributed by atoms with Gasteiger partial charge in [0.25, 0.3) is 0 Å². The molecule has 2 unspecified atom stereocenters. The molecule has 1 N–H and O–H groups in total. The molecule has 1 rings (SSSR count). The van der Waals surface area contributed by atoms with Crippen LogP contribution in [-0.2, 0) is 14.6 Å². The predicted molar refractivity (Wildman–Crippen MR) is 61.2 cm³/mol. The van der Waals surface area contributed by atoms with E-state index in [1.807, 2.05) is 18.9 Å². The molecule has 1 saturated heterocycles. The molecule has 1 fully saturated rings. The van der Waals surface area contributed by atoms with E-state index in [-0.39, 0.29) is 30.0 Å². The van der Waals surface area contributed by atoms with Gasteiger partial charge < -0.3 is 5.11 Å². The van der Waals surface area contributed by atoms with Gasteiger partial charge in [-0.15, -0.1) is 0 Å². The second kappa shape index (κ2) is 5.14. The fourth-order valence-electron chi connectivity index (χ4n) is 1.99. The second-order valence-corrected chi connectivity index (χ2v) is 6.73.